The van der Waals surface area contributed by atoms with Crippen LogP contribution in [0.3, 0.4) is 0 Å². The summed E-state index contributed by atoms with van der Waals surface area (Å²) < 4.78 is 21.3. The van der Waals surface area contributed by atoms with Crippen LogP contribution in [-0.4, -0.2) is 22.8 Å². The van der Waals surface area contributed by atoms with Crippen molar-refractivity contribution in [2.75, 3.05) is 18.9 Å². The van der Waals surface area contributed by atoms with Gasteiger partial charge in [-0.05, 0) is 40.8 Å². The zero-order valence-corrected chi connectivity index (χ0v) is 12.0. The fourth-order valence-corrected chi connectivity index (χ4v) is 2.83. The first-order chi connectivity index (χ1) is 9.15. The van der Waals surface area contributed by atoms with Crippen LogP contribution in [-0.2, 0) is 11.3 Å². The van der Waals surface area contributed by atoms with Crippen LogP contribution in [0, 0.1) is 11.7 Å². The Labute approximate surface area is 118 Å². The average molecular weight is 328 g/mol. The molecule has 0 aliphatic carbocycles. The number of nitrogens with two attached hydrogens (primary N) is 1. The number of hydrogen-bond acceptors (Lipinski definition) is 3. The maximum Gasteiger partial charge on any atom is 0.201 e. The molecule has 4 nitrogen and oxygen atoms in total. The van der Waals surface area contributed by atoms with Crippen LogP contribution in [0.15, 0.2) is 16.6 Å². The minimum atomic E-state index is -0.294. The lowest BCUT2D eigenvalue weighted by Gasteiger charge is -2.10. The minimum Gasteiger partial charge on any atom is -0.381 e. The molecule has 2 heterocycles. The van der Waals surface area contributed by atoms with Gasteiger partial charge in [0.25, 0.3) is 0 Å². The summed E-state index contributed by atoms with van der Waals surface area (Å²) in [6.07, 6.45) is 2.07. The molecule has 1 unspecified atom stereocenters. The predicted molar refractivity (Wildman–Crippen MR) is 75.3 cm³/mol. The highest BCUT2D eigenvalue weighted by atomic mass is 79.9. The molecule has 1 fully saturated rings. The van der Waals surface area contributed by atoms with Crippen LogP contribution in [0.5, 0.6) is 0 Å². The molecule has 6 heteroatoms. The van der Waals surface area contributed by atoms with Gasteiger partial charge >= 0.3 is 0 Å². The third-order valence-electron chi connectivity index (χ3n) is 3.60. The molecular formula is C13H15BrFN3O. The average Bonchev–Trinajstić information content (AvgIpc) is 2.96. The van der Waals surface area contributed by atoms with Crippen LogP contribution in [0.2, 0.25) is 0 Å². The van der Waals surface area contributed by atoms with E-state index >= 15 is 0 Å². The Morgan fingerprint density at radius 1 is 1.53 bits per heavy atom. The number of ether oxygens (including phenoxy) is 1. The molecule has 1 aromatic heterocycles. The number of benzene rings is 1. The lowest BCUT2D eigenvalue weighted by atomic mass is 10.1. The summed E-state index contributed by atoms with van der Waals surface area (Å²) in [4.78, 5) is 4.27. The van der Waals surface area contributed by atoms with E-state index in [9.17, 15) is 4.39 Å². The number of anilines is 1. The Morgan fingerprint density at radius 3 is 3.11 bits per heavy atom. The van der Waals surface area contributed by atoms with E-state index in [1.807, 2.05) is 4.57 Å². The third-order valence-corrected chi connectivity index (χ3v) is 4.21. The molecule has 2 aromatic rings. The number of halogens is 2. The van der Waals surface area contributed by atoms with Crippen LogP contribution < -0.4 is 5.73 Å². The molecule has 1 atom stereocenters. The van der Waals surface area contributed by atoms with E-state index in [1.54, 1.807) is 6.07 Å². The van der Waals surface area contributed by atoms with E-state index in [2.05, 4.69) is 20.9 Å². The van der Waals surface area contributed by atoms with Crippen LogP contribution >= 0.6 is 15.9 Å². The number of fused-ring (bicyclic) bond motifs is 1. The second-order valence-electron chi connectivity index (χ2n) is 4.89. The quantitative estimate of drug-likeness (QED) is 0.942. The normalized spacial score (nSPS) is 19.4. The van der Waals surface area contributed by atoms with Crippen LogP contribution in [0.1, 0.15) is 12.8 Å². The molecule has 0 saturated carbocycles. The number of hydrogen-bond donors (Lipinski definition) is 1. The number of aryl methyl sites for hydroxylation is 1. The second-order valence-corrected chi connectivity index (χ2v) is 5.75. The number of nitrogen functional groups attached to an aromatic ring is 1. The molecule has 0 spiro atoms. The Hall–Kier alpha value is -1.14. The van der Waals surface area contributed by atoms with Crippen molar-refractivity contribution in [3.8, 4) is 0 Å². The molecule has 3 rings (SSSR count). The first kappa shape index (κ1) is 12.9. The Kier molecular flexibility index (Phi) is 3.45. The summed E-state index contributed by atoms with van der Waals surface area (Å²) in [5.74, 6) is 0.710. The maximum absolute atomic E-state index is 13.6. The summed E-state index contributed by atoms with van der Waals surface area (Å²) >= 11 is 3.16. The molecule has 19 heavy (non-hydrogen) atoms. The highest BCUT2D eigenvalue weighted by Gasteiger charge is 2.17. The van der Waals surface area contributed by atoms with Gasteiger partial charge < -0.3 is 15.0 Å². The molecule has 0 amide bonds. The number of imidazole rings is 1. The predicted octanol–water partition coefficient (Wildman–Crippen LogP) is 2.95. The lowest BCUT2D eigenvalue weighted by molar-refractivity contribution is 0.183. The van der Waals surface area contributed by atoms with E-state index in [-0.39, 0.29) is 5.82 Å². The summed E-state index contributed by atoms with van der Waals surface area (Å²) in [6, 6.07) is 3.14. The van der Waals surface area contributed by atoms with Gasteiger partial charge in [0.1, 0.15) is 5.82 Å². The van der Waals surface area contributed by atoms with E-state index in [4.69, 9.17) is 10.5 Å². The van der Waals surface area contributed by atoms with Crippen molar-refractivity contribution in [2.24, 2.45) is 5.92 Å². The van der Waals surface area contributed by atoms with Crippen molar-refractivity contribution in [3.05, 3.63) is 22.4 Å². The topological polar surface area (TPSA) is 53.1 Å². The second kappa shape index (κ2) is 5.09. The summed E-state index contributed by atoms with van der Waals surface area (Å²) in [6.45, 7) is 2.40. The summed E-state index contributed by atoms with van der Waals surface area (Å²) in [7, 11) is 0. The van der Waals surface area contributed by atoms with Gasteiger partial charge in [-0.3, -0.25) is 0 Å². The smallest absolute Gasteiger partial charge is 0.201 e. The van der Waals surface area contributed by atoms with Gasteiger partial charge in [-0.2, -0.15) is 0 Å². The van der Waals surface area contributed by atoms with E-state index in [0.29, 0.717) is 21.9 Å². The van der Waals surface area contributed by atoms with Crippen molar-refractivity contribution in [2.45, 2.75) is 19.4 Å². The standard InChI is InChI=1S/C13H15BrFN3O/c14-9-5-11-12(6-10(9)15)18(13(16)17-11)3-1-8-2-4-19-7-8/h5-6,8H,1-4,7H2,(H2,16,17). The monoisotopic (exact) mass is 327 g/mol. The SMILES string of the molecule is Nc1nc2cc(Br)c(F)cc2n1CCC1CCOC1. The van der Waals surface area contributed by atoms with Gasteiger partial charge in [-0.15, -0.1) is 0 Å². The van der Waals surface area contributed by atoms with Gasteiger partial charge in [0.05, 0.1) is 15.5 Å². The lowest BCUT2D eigenvalue weighted by Crippen LogP contribution is -2.08. The van der Waals surface area contributed by atoms with Crippen molar-refractivity contribution in [1.29, 1.82) is 0 Å². The molecule has 102 valence electrons. The molecular weight excluding hydrogens is 313 g/mol. The highest BCUT2D eigenvalue weighted by molar-refractivity contribution is 9.10. The zero-order valence-electron chi connectivity index (χ0n) is 10.4. The fourth-order valence-electron chi connectivity index (χ4n) is 2.50. The molecule has 1 aliphatic heterocycles. The van der Waals surface area contributed by atoms with Gasteiger partial charge in [0.2, 0.25) is 5.95 Å². The van der Waals surface area contributed by atoms with Crippen LogP contribution in [0.25, 0.3) is 11.0 Å². The first-order valence-corrected chi connectivity index (χ1v) is 7.13. The van der Waals surface area contributed by atoms with Gasteiger partial charge in [-0.25, -0.2) is 9.37 Å². The Balaban J connectivity index is 1.89. The molecule has 0 bridgehead atoms. The first-order valence-electron chi connectivity index (χ1n) is 6.33. The Morgan fingerprint density at radius 2 is 2.37 bits per heavy atom. The maximum atomic E-state index is 13.6. The van der Waals surface area contributed by atoms with E-state index < -0.39 is 0 Å². The minimum absolute atomic E-state index is 0.294. The van der Waals surface area contributed by atoms with Crippen LogP contribution in [0.4, 0.5) is 10.3 Å². The molecule has 1 saturated heterocycles. The number of aromatic nitrogens is 2. The Bertz CT molecular complexity index is 607. The number of nitrogens with zero attached hydrogens (tertiary/aromatic N) is 2. The van der Waals surface area contributed by atoms with Crippen molar-refractivity contribution in [1.82, 2.24) is 9.55 Å². The highest BCUT2D eigenvalue weighted by Crippen LogP contribution is 2.26. The largest absolute Gasteiger partial charge is 0.381 e. The van der Waals surface area contributed by atoms with Gasteiger partial charge in [-0.1, -0.05) is 0 Å². The molecule has 0 radical (unpaired) electrons. The van der Waals surface area contributed by atoms with E-state index in [0.717, 1.165) is 38.1 Å². The van der Waals surface area contributed by atoms with Crippen molar-refractivity contribution in [3.63, 3.8) is 0 Å². The molecule has 1 aliphatic rings. The fraction of sp³-hybridized carbons (Fsp3) is 0.462. The summed E-state index contributed by atoms with van der Waals surface area (Å²) in [5.41, 5.74) is 7.38. The van der Waals surface area contributed by atoms with Gasteiger partial charge in [0, 0.05) is 25.8 Å². The van der Waals surface area contributed by atoms with Crippen molar-refractivity contribution < 1.29 is 9.13 Å². The van der Waals surface area contributed by atoms with Crippen molar-refractivity contribution >= 4 is 32.9 Å². The molecule has 1 aromatic carbocycles. The third kappa shape index (κ3) is 2.47. The zero-order chi connectivity index (χ0) is 13.4. The molecule has 2 N–H and O–H groups in total. The number of rotatable bonds is 3. The van der Waals surface area contributed by atoms with E-state index in [1.165, 1.54) is 6.07 Å². The summed E-state index contributed by atoms with van der Waals surface area (Å²) in [5, 5.41) is 0. The van der Waals surface area contributed by atoms with Gasteiger partial charge in [0.15, 0.2) is 0 Å².